The molecule has 15 heavy (non-hydrogen) atoms. The lowest BCUT2D eigenvalue weighted by molar-refractivity contribution is 0.390. The Kier molecular flexibility index (Phi) is 2.47. The third-order valence-electron chi connectivity index (χ3n) is 3.13. The fourth-order valence-electron chi connectivity index (χ4n) is 2.37. The van der Waals surface area contributed by atoms with E-state index in [1.165, 1.54) is 24.0 Å². The van der Waals surface area contributed by atoms with Crippen molar-refractivity contribution in [3.63, 3.8) is 0 Å². The quantitative estimate of drug-likeness (QED) is 0.804. The normalized spacial score (nSPS) is 15.2. The number of hydrogen-bond acceptors (Lipinski definition) is 2. The molecule has 2 rings (SSSR count). The van der Waals surface area contributed by atoms with Gasteiger partial charge >= 0.3 is 0 Å². The van der Waals surface area contributed by atoms with Gasteiger partial charge in [-0.15, -0.1) is 0 Å². The maximum absolute atomic E-state index is 6.15. The number of aryl methyl sites for hydroxylation is 1. The van der Waals surface area contributed by atoms with E-state index in [1.807, 2.05) is 13.8 Å². The number of ether oxygens (including phenoxy) is 1. The Hall–Kier alpha value is -1.02. The van der Waals surface area contributed by atoms with E-state index in [-0.39, 0.29) is 5.54 Å². The minimum Gasteiger partial charge on any atom is -0.496 e. The summed E-state index contributed by atoms with van der Waals surface area (Å²) >= 11 is 0. The van der Waals surface area contributed by atoms with Crippen LogP contribution in [0.4, 0.5) is 0 Å². The average Bonchev–Trinajstić information content (AvgIpc) is 2.61. The number of methoxy groups -OCH3 is 1. The number of hydrogen-bond donors (Lipinski definition) is 1. The molecular formula is C13H19NO. The summed E-state index contributed by atoms with van der Waals surface area (Å²) in [5, 5.41) is 0. The zero-order valence-corrected chi connectivity index (χ0v) is 9.76. The van der Waals surface area contributed by atoms with Gasteiger partial charge in [-0.3, -0.25) is 0 Å². The molecule has 2 nitrogen and oxygen atoms in total. The molecule has 2 N–H and O–H groups in total. The van der Waals surface area contributed by atoms with Crippen LogP contribution < -0.4 is 10.5 Å². The lowest BCUT2D eigenvalue weighted by Crippen LogP contribution is -2.29. The molecule has 0 aromatic heterocycles. The van der Waals surface area contributed by atoms with E-state index in [0.717, 1.165) is 17.7 Å². The molecule has 0 unspecified atom stereocenters. The van der Waals surface area contributed by atoms with Gasteiger partial charge in [-0.2, -0.15) is 0 Å². The molecule has 1 aromatic rings. The SMILES string of the molecule is COc1c(C(C)(C)N)ccc2c1CCC2. The third kappa shape index (κ3) is 1.74. The first-order valence-corrected chi connectivity index (χ1v) is 5.52. The van der Waals surface area contributed by atoms with E-state index >= 15 is 0 Å². The standard InChI is InChI=1S/C13H19NO/c1-13(2,14)11-8-7-9-5-4-6-10(9)12(11)15-3/h7-8H,4-6,14H2,1-3H3. The van der Waals surface area contributed by atoms with Crippen molar-refractivity contribution in [1.82, 2.24) is 0 Å². The largest absolute Gasteiger partial charge is 0.496 e. The summed E-state index contributed by atoms with van der Waals surface area (Å²) in [7, 11) is 1.74. The fraction of sp³-hybridized carbons (Fsp3) is 0.538. The van der Waals surface area contributed by atoms with Crippen LogP contribution in [-0.4, -0.2) is 7.11 Å². The molecule has 0 atom stereocenters. The minimum absolute atomic E-state index is 0.330. The van der Waals surface area contributed by atoms with E-state index < -0.39 is 0 Å². The molecule has 0 amide bonds. The molecule has 1 aliphatic rings. The molecule has 2 heteroatoms. The number of benzene rings is 1. The number of rotatable bonds is 2. The van der Waals surface area contributed by atoms with Crippen LogP contribution in [0.3, 0.4) is 0 Å². The van der Waals surface area contributed by atoms with Crippen molar-refractivity contribution in [2.75, 3.05) is 7.11 Å². The summed E-state index contributed by atoms with van der Waals surface area (Å²) in [6.45, 7) is 4.04. The van der Waals surface area contributed by atoms with Gasteiger partial charge in [-0.05, 0) is 44.2 Å². The lowest BCUT2D eigenvalue weighted by atomic mass is 9.91. The smallest absolute Gasteiger partial charge is 0.127 e. The highest BCUT2D eigenvalue weighted by molar-refractivity contribution is 5.51. The van der Waals surface area contributed by atoms with Crippen molar-refractivity contribution in [1.29, 1.82) is 0 Å². The zero-order chi connectivity index (χ0) is 11.1. The topological polar surface area (TPSA) is 35.2 Å². The summed E-state index contributed by atoms with van der Waals surface area (Å²) in [5.41, 5.74) is 9.73. The fourth-order valence-corrected chi connectivity index (χ4v) is 2.37. The van der Waals surface area contributed by atoms with Crippen molar-refractivity contribution < 1.29 is 4.74 Å². The predicted molar refractivity (Wildman–Crippen MR) is 62.2 cm³/mol. The first-order valence-electron chi connectivity index (χ1n) is 5.52. The molecule has 0 aliphatic heterocycles. The van der Waals surface area contributed by atoms with Crippen molar-refractivity contribution in [3.8, 4) is 5.75 Å². The van der Waals surface area contributed by atoms with Crippen molar-refractivity contribution >= 4 is 0 Å². The van der Waals surface area contributed by atoms with Gasteiger partial charge in [0.05, 0.1) is 7.11 Å². The molecule has 0 bridgehead atoms. The number of nitrogens with two attached hydrogens (primary N) is 1. The van der Waals surface area contributed by atoms with Gasteiger partial charge < -0.3 is 10.5 Å². The Balaban J connectivity index is 2.58. The Morgan fingerprint density at radius 3 is 2.60 bits per heavy atom. The van der Waals surface area contributed by atoms with Crippen molar-refractivity contribution in [2.24, 2.45) is 5.73 Å². The van der Waals surface area contributed by atoms with Gasteiger partial charge in [-0.1, -0.05) is 12.1 Å². The van der Waals surface area contributed by atoms with Crippen LogP contribution in [0.2, 0.25) is 0 Å². The van der Waals surface area contributed by atoms with Crippen LogP contribution in [-0.2, 0) is 18.4 Å². The number of fused-ring (bicyclic) bond motifs is 1. The third-order valence-corrected chi connectivity index (χ3v) is 3.13. The Morgan fingerprint density at radius 1 is 1.27 bits per heavy atom. The molecule has 0 saturated carbocycles. The molecule has 0 saturated heterocycles. The van der Waals surface area contributed by atoms with Crippen LogP contribution >= 0.6 is 0 Å². The summed E-state index contributed by atoms with van der Waals surface area (Å²) in [6, 6.07) is 4.32. The molecular weight excluding hydrogens is 186 g/mol. The van der Waals surface area contributed by atoms with Crippen LogP contribution in [0, 0.1) is 0 Å². The van der Waals surface area contributed by atoms with E-state index in [4.69, 9.17) is 10.5 Å². The highest BCUT2D eigenvalue weighted by atomic mass is 16.5. The monoisotopic (exact) mass is 205 g/mol. The maximum Gasteiger partial charge on any atom is 0.127 e. The van der Waals surface area contributed by atoms with Gasteiger partial charge in [0.1, 0.15) is 5.75 Å². The minimum atomic E-state index is -0.330. The maximum atomic E-state index is 6.15. The van der Waals surface area contributed by atoms with E-state index in [1.54, 1.807) is 7.11 Å². The van der Waals surface area contributed by atoms with E-state index in [0.29, 0.717) is 0 Å². The summed E-state index contributed by atoms with van der Waals surface area (Å²) in [4.78, 5) is 0. The molecule has 0 spiro atoms. The molecule has 0 fully saturated rings. The van der Waals surface area contributed by atoms with Crippen LogP contribution in [0.15, 0.2) is 12.1 Å². The Morgan fingerprint density at radius 2 is 2.00 bits per heavy atom. The Labute approximate surface area is 91.4 Å². The second kappa shape index (κ2) is 3.53. The molecule has 1 aromatic carbocycles. The van der Waals surface area contributed by atoms with Gasteiger partial charge in [0.2, 0.25) is 0 Å². The first kappa shape index (κ1) is 10.5. The summed E-state index contributed by atoms with van der Waals surface area (Å²) < 4.78 is 5.53. The van der Waals surface area contributed by atoms with E-state index in [9.17, 15) is 0 Å². The van der Waals surface area contributed by atoms with Crippen LogP contribution in [0.1, 0.15) is 37.0 Å². The molecule has 0 heterocycles. The summed E-state index contributed by atoms with van der Waals surface area (Å²) in [5.74, 6) is 1.01. The van der Waals surface area contributed by atoms with Gasteiger partial charge in [-0.25, -0.2) is 0 Å². The highest BCUT2D eigenvalue weighted by Crippen LogP contribution is 2.37. The predicted octanol–water partition coefficient (Wildman–Crippen LogP) is 2.38. The van der Waals surface area contributed by atoms with E-state index in [2.05, 4.69) is 12.1 Å². The van der Waals surface area contributed by atoms with Crippen molar-refractivity contribution in [3.05, 3.63) is 28.8 Å². The second-order valence-corrected chi connectivity index (χ2v) is 4.86. The second-order valence-electron chi connectivity index (χ2n) is 4.86. The lowest BCUT2D eigenvalue weighted by Gasteiger charge is -2.24. The van der Waals surface area contributed by atoms with Gasteiger partial charge in [0.15, 0.2) is 0 Å². The van der Waals surface area contributed by atoms with Crippen LogP contribution in [0.25, 0.3) is 0 Å². The average molecular weight is 205 g/mol. The van der Waals surface area contributed by atoms with Crippen LogP contribution in [0.5, 0.6) is 5.75 Å². The Bertz CT molecular complexity index is 377. The van der Waals surface area contributed by atoms with Crippen molar-refractivity contribution in [2.45, 2.75) is 38.6 Å². The molecule has 1 aliphatic carbocycles. The zero-order valence-electron chi connectivity index (χ0n) is 9.76. The first-order chi connectivity index (χ1) is 7.04. The van der Waals surface area contributed by atoms with Gasteiger partial charge in [0, 0.05) is 11.1 Å². The summed E-state index contributed by atoms with van der Waals surface area (Å²) in [6.07, 6.45) is 3.54. The molecule has 82 valence electrons. The molecule has 0 radical (unpaired) electrons. The van der Waals surface area contributed by atoms with Gasteiger partial charge in [0.25, 0.3) is 0 Å². The highest BCUT2D eigenvalue weighted by Gasteiger charge is 2.24.